The maximum absolute atomic E-state index is 14.2. The number of aryl methyl sites for hydroxylation is 2. The van der Waals surface area contributed by atoms with Crippen molar-refractivity contribution in [2.45, 2.75) is 25.3 Å². The number of nitrogens with two attached hydrogens (primary N) is 1. The third kappa shape index (κ3) is 3.45. The lowest BCUT2D eigenvalue weighted by Gasteiger charge is -2.22. The summed E-state index contributed by atoms with van der Waals surface area (Å²) in [6.45, 7) is 0.412. The van der Waals surface area contributed by atoms with Crippen LogP contribution in [0.1, 0.15) is 29.7 Å². The van der Waals surface area contributed by atoms with Crippen molar-refractivity contribution in [2.24, 2.45) is 7.05 Å². The molecule has 4 aromatic heterocycles. The minimum Gasteiger partial charge on any atom is -0.453 e. The van der Waals surface area contributed by atoms with Gasteiger partial charge in [-0.25, -0.2) is 9.97 Å². The lowest BCUT2D eigenvalue weighted by molar-refractivity contribution is -0.0364. The highest BCUT2D eigenvalue weighted by Crippen LogP contribution is 2.38. The molecular weight excluding hydrogens is 446 g/mol. The van der Waals surface area contributed by atoms with E-state index in [0.717, 1.165) is 6.21 Å². The molecule has 0 spiro atoms. The van der Waals surface area contributed by atoms with E-state index in [0.29, 0.717) is 24.0 Å². The smallest absolute Gasteiger partial charge is 0.289 e. The highest BCUT2D eigenvalue weighted by atomic mass is 19.3. The van der Waals surface area contributed by atoms with Crippen LogP contribution in [0.25, 0.3) is 11.2 Å². The second-order valence-corrected chi connectivity index (χ2v) is 7.74. The quantitative estimate of drug-likeness (QED) is 0.379. The van der Waals surface area contributed by atoms with Gasteiger partial charge in [-0.1, -0.05) is 0 Å². The number of hydrogen-bond acceptors (Lipinski definition) is 9. The van der Waals surface area contributed by atoms with Gasteiger partial charge in [-0.3, -0.25) is 4.68 Å². The minimum absolute atomic E-state index is 0.145. The van der Waals surface area contributed by atoms with E-state index in [1.165, 1.54) is 29.2 Å². The predicted molar refractivity (Wildman–Crippen MR) is 118 cm³/mol. The summed E-state index contributed by atoms with van der Waals surface area (Å²) in [6, 6.07) is 4.93. The van der Waals surface area contributed by atoms with Gasteiger partial charge in [0.2, 0.25) is 5.95 Å². The van der Waals surface area contributed by atoms with E-state index >= 15 is 0 Å². The van der Waals surface area contributed by atoms with Crippen LogP contribution in [0.15, 0.2) is 24.5 Å². The van der Waals surface area contributed by atoms with Crippen molar-refractivity contribution >= 4 is 35.0 Å². The van der Waals surface area contributed by atoms with E-state index in [1.54, 1.807) is 11.6 Å². The first-order valence-corrected chi connectivity index (χ1v) is 10.2. The molecule has 0 radical (unpaired) electrons. The number of fused-ring (bicyclic) bond motifs is 2. The van der Waals surface area contributed by atoms with Crippen molar-refractivity contribution in [2.75, 3.05) is 11.1 Å². The third-order valence-electron chi connectivity index (χ3n) is 5.54. The molecule has 172 valence electrons. The Labute approximate surface area is 191 Å². The van der Waals surface area contributed by atoms with Gasteiger partial charge in [0.1, 0.15) is 34.4 Å². The molecule has 11 nitrogen and oxygen atoms in total. The molecule has 1 aliphatic heterocycles. The normalized spacial score (nSPS) is 14.4. The van der Waals surface area contributed by atoms with Crippen molar-refractivity contribution in [3.05, 3.63) is 41.3 Å². The van der Waals surface area contributed by atoms with Crippen LogP contribution < -0.4 is 15.8 Å². The maximum Gasteiger partial charge on any atom is 0.289 e. The van der Waals surface area contributed by atoms with Crippen molar-refractivity contribution in [3.8, 4) is 17.6 Å². The van der Waals surface area contributed by atoms with Gasteiger partial charge >= 0.3 is 0 Å². The zero-order valence-electron chi connectivity index (χ0n) is 17.9. The molecule has 0 saturated heterocycles. The first kappa shape index (κ1) is 21.3. The summed E-state index contributed by atoms with van der Waals surface area (Å²) in [5.74, 6) is -1.84. The molecule has 4 N–H and O–H groups in total. The summed E-state index contributed by atoms with van der Waals surface area (Å²) in [5.41, 5.74) is 6.74. The van der Waals surface area contributed by atoms with Gasteiger partial charge in [0, 0.05) is 37.9 Å². The van der Waals surface area contributed by atoms with Crippen molar-refractivity contribution in [3.63, 3.8) is 0 Å². The minimum atomic E-state index is -2.94. The van der Waals surface area contributed by atoms with Gasteiger partial charge in [0.15, 0.2) is 17.2 Å². The van der Waals surface area contributed by atoms with Gasteiger partial charge in [0.25, 0.3) is 5.92 Å². The molecule has 0 saturated carbocycles. The van der Waals surface area contributed by atoms with E-state index in [-0.39, 0.29) is 52.4 Å². The zero-order chi connectivity index (χ0) is 24.0. The first-order chi connectivity index (χ1) is 16.3. The number of nitrogens with one attached hydrogen (secondary N) is 2. The van der Waals surface area contributed by atoms with Crippen molar-refractivity contribution in [1.29, 1.82) is 10.7 Å². The SMILES string of the molecule is Cn1c(Nc2cc3n(n2)CCCC3(F)F)nc2ncc(Oc3cnc(N)c(C=N)c3)c(C#N)c21. The lowest BCUT2D eigenvalue weighted by Crippen LogP contribution is -2.25. The number of alkyl halides is 2. The number of anilines is 3. The number of nitrogen functional groups attached to an aromatic ring is 1. The monoisotopic (exact) mass is 464 g/mol. The Bertz CT molecular complexity index is 1480. The molecule has 0 atom stereocenters. The summed E-state index contributed by atoms with van der Waals surface area (Å²) in [5, 5.41) is 24.4. The number of imidazole rings is 1. The summed E-state index contributed by atoms with van der Waals surface area (Å²) in [4.78, 5) is 12.6. The van der Waals surface area contributed by atoms with Crippen LogP contribution in [-0.4, -0.2) is 35.5 Å². The number of ether oxygens (including phenoxy) is 1. The molecule has 5 heterocycles. The van der Waals surface area contributed by atoms with Gasteiger partial charge in [0.05, 0.1) is 12.4 Å². The topological polar surface area (TPSA) is 156 Å². The molecule has 0 aromatic carbocycles. The molecule has 0 unspecified atom stereocenters. The number of halogens is 2. The van der Waals surface area contributed by atoms with Crippen LogP contribution in [0.4, 0.5) is 26.4 Å². The standard InChI is InChI=1S/C21H18F2N10O/c1-32-17-13(8-25)14(34-12-5-11(7-24)18(26)27-9-12)10-28-19(17)30-20(32)29-16-6-15-21(22,23)3-2-4-33(15)31-16/h5-7,9-10,24H,2-4H2,1H3,(H2,26,27)(H,28,29,30,31). The molecular formula is C21H18F2N10O. The number of nitriles is 1. The van der Waals surface area contributed by atoms with Crippen molar-refractivity contribution < 1.29 is 13.5 Å². The van der Waals surface area contributed by atoms with E-state index in [2.05, 4.69) is 31.4 Å². The molecule has 0 amide bonds. The average molecular weight is 464 g/mol. The van der Waals surface area contributed by atoms with Gasteiger partial charge < -0.3 is 25.8 Å². The van der Waals surface area contributed by atoms with E-state index in [9.17, 15) is 14.0 Å². The van der Waals surface area contributed by atoms with Gasteiger partial charge in [-0.2, -0.15) is 24.1 Å². The molecule has 34 heavy (non-hydrogen) atoms. The maximum atomic E-state index is 14.2. The van der Waals surface area contributed by atoms with Crippen LogP contribution in [-0.2, 0) is 19.5 Å². The highest BCUT2D eigenvalue weighted by Gasteiger charge is 2.38. The fraction of sp³-hybridized carbons (Fsp3) is 0.238. The van der Waals surface area contributed by atoms with Crippen molar-refractivity contribution in [1.82, 2.24) is 29.3 Å². The number of pyridine rings is 2. The second-order valence-electron chi connectivity index (χ2n) is 7.74. The molecule has 5 rings (SSSR count). The molecule has 0 bridgehead atoms. The Morgan fingerprint density at radius 2 is 2.15 bits per heavy atom. The molecule has 0 aliphatic carbocycles. The number of rotatable bonds is 5. The molecule has 0 fully saturated rings. The van der Waals surface area contributed by atoms with Crippen LogP contribution in [0.5, 0.6) is 11.5 Å². The summed E-state index contributed by atoms with van der Waals surface area (Å²) in [7, 11) is 1.66. The zero-order valence-corrected chi connectivity index (χ0v) is 17.9. The number of aromatic nitrogens is 6. The lowest BCUT2D eigenvalue weighted by atomic mass is 10.1. The molecule has 13 heteroatoms. The van der Waals surface area contributed by atoms with Crippen LogP contribution in [0, 0.1) is 16.7 Å². The van der Waals surface area contributed by atoms with Crippen LogP contribution in [0.3, 0.4) is 0 Å². The molecule has 4 aromatic rings. The fourth-order valence-electron chi connectivity index (χ4n) is 3.86. The van der Waals surface area contributed by atoms with E-state index in [1.807, 2.05) is 0 Å². The second kappa shape index (κ2) is 7.77. The van der Waals surface area contributed by atoms with Gasteiger partial charge in [-0.15, -0.1) is 0 Å². The summed E-state index contributed by atoms with van der Waals surface area (Å²) >= 11 is 0. The Kier molecular flexibility index (Phi) is 4.85. The highest BCUT2D eigenvalue weighted by molar-refractivity contribution is 5.85. The third-order valence-corrected chi connectivity index (χ3v) is 5.54. The first-order valence-electron chi connectivity index (χ1n) is 10.2. The predicted octanol–water partition coefficient (Wildman–Crippen LogP) is 3.43. The van der Waals surface area contributed by atoms with E-state index in [4.69, 9.17) is 15.9 Å². The van der Waals surface area contributed by atoms with Gasteiger partial charge in [-0.05, 0) is 12.5 Å². The van der Waals surface area contributed by atoms with E-state index < -0.39 is 5.92 Å². The van der Waals surface area contributed by atoms with Crippen LogP contribution in [0.2, 0.25) is 0 Å². The summed E-state index contributed by atoms with van der Waals surface area (Å²) in [6.07, 6.45) is 3.91. The Hall–Kier alpha value is -4.60. The fourth-order valence-corrected chi connectivity index (χ4v) is 3.86. The Morgan fingerprint density at radius 1 is 1.32 bits per heavy atom. The summed E-state index contributed by atoms with van der Waals surface area (Å²) < 4.78 is 37.1. The number of nitrogens with zero attached hydrogens (tertiary/aromatic N) is 7. The molecule has 1 aliphatic rings. The van der Waals surface area contributed by atoms with Crippen LogP contribution >= 0.6 is 0 Å². The Morgan fingerprint density at radius 3 is 2.88 bits per heavy atom. The Balaban J connectivity index is 1.51. The number of hydrogen-bond donors (Lipinski definition) is 3. The largest absolute Gasteiger partial charge is 0.453 e. The average Bonchev–Trinajstić information content (AvgIpc) is 3.37.